The maximum Gasteiger partial charge on any atom is 0.149 e. The highest BCUT2D eigenvalue weighted by Gasteiger charge is 2.26. The van der Waals surface area contributed by atoms with Crippen molar-refractivity contribution in [2.45, 2.75) is 122 Å². The molecular formula is C62H65N3O. The molecule has 66 heavy (non-hydrogen) atoms. The molecule has 2 saturated carbocycles. The van der Waals surface area contributed by atoms with Crippen molar-refractivity contribution in [1.82, 2.24) is 14.5 Å². The van der Waals surface area contributed by atoms with Gasteiger partial charge in [-0.05, 0) is 141 Å². The second-order valence-corrected chi connectivity index (χ2v) is 21.4. The molecule has 6 aromatic carbocycles. The average molecular weight is 868 g/mol. The van der Waals surface area contributed by atoms with Crippen molar-refractivity contribution in [3.8, 4) is 67.5 Å². The third-order valence-electron chi connectivity index (χ3n) is 14.7. The molecular weight excluding hydrogens is 803 g/mol. The van der Waals surface area contributed by atoms with E-state index in [0.717, 1.165) is 79.5 Å². The smallest absolute Gasteiger partial charge is 0.149 e. The molecule has 0 bridgehead atoms. The summed E-state index contributed by atoms with van der Waals surface area (Å²) in [6, 6.07) is 51.1. The number of phenols is 1. The summed E-state index contributed by atoms with van der Waals surface area (Å²) < 4.78 is 2.31. The lowest BCUT2D eigenvalue weighted by Crippen LogP contribution is -2.11. The maximum atomic E-state index is 11.8. The predicted molar refractivity (Wildman–Crippen MR) is 277 cm³/mol. The van der Waals surface area contributed by atoms with Crippen molar-refractivity contribution in [3.05, 3.63) is 168 Å². The highest BCUT2D eigenvalue weighted by molar-refractivity contribution is 5.97. The third kappa shape index (κ3) is 8.87. The number of para-hydroxylation sites is 1. The number of hydrogen-bond acceptors (Lipinski definition) is 3. The fourth-order valence-corrected chi connectivity index (χ4v) is 10.8. The van der Waals surface area contributed by atoms with Crippen LogP contribution in [0.2, 0.25) is 0 Å². The molecule has 0 atom stereocenters. The standard InChI is InChI=1S/C62H65N3O/c1-61(2,3)50-29-31-58(66)54(40-50)60-64-59-52(22-15-23-57(59)65(60)56-30-24-42(34-41-16-13-14-17-41)35-53(56)46-20-11-8-12-21-46)48-36-49(38-51(37-48)62(4,5)6)55-39-47(32-33-63-55)45-27-25-44(26-28-45)43-18-9-7-10-19-43/h8,11-12,15,20-33,35-41,43,66H,7,9-10,13-14,16-19,34H2,1-6H3. The molecule has 0 amide bonds. The number of pyridine rings is 1. The van der Waals surface area contributed by atoms with Gasteiger partial charge in [-0.1, -0.05) is 171 Å². The Hall–Kier alpha value is -6.26. The number of aromatic hydroxyl groups is 1. The second kappa shape index (κ2) is 17.9. The van der Waals surface area contributed by atoms with E-state index in [4.69, 9.17) is 9.97 Å². The van der Waals surface area contributed by atoms with Gasteiger partial charge in [0.25, 0.3) is 0 Å². The van der Waals surface area contributed by atoms with E-state index in [1.54, 1.807) is 0 Å². The Labute approximate surface area is 392 Å². The van der Waals surface area contributed by atoms with Crippen LogP contribution in [0.3, 0.4) is 0 Å². The first-order valence-electron chi connectivity index (χ1n) is 24.6. The van der Waals surface area contributed by atoms with Crippen molar-refractivity contribution in [2.75, 3.05) is 0 Å². The van der Waals surface area contributed by atoms with E-state index >= 15 is 0 Å². The number of phenolic OH excluding ortho intramolecular Hbond substituents is 1. The van der Waals surface area contributed by atoms with Gasteiger partial charge in [0.05, 0.1) is 28.0 Å². The van der Waals surface area contributed by atoms with Crippen molar-refractivity contribution in [1.29, 1.82) is 0 Å². The summed E-state index contributed by atoms with van der Waals surface area (Å²) in [6.45, 7) is 13.5. The molecule has 334 valence electrons. The van der Waals surface area contributed by atoms with Gasteiger partial charge in [-0.2, -0.15) is 0 Å². The number of hydrogen-bond donors (Lipinski definition) is 1. The van der Waals surface area contributed by atoms with Crippen molar-refractivity contribution in [2.24, 2.45) is 5.92 Å². The monoisotopic (exact) mass is 868 g/mol. The summed E-state index contributed by atoms with van der Waals surface area (Å²) in [5.41, 5.74) is 17.5. The van der Waals surface area contributed by atoms with Crippen LogP contribution in [-0.2, 0) is 17.3 Å². The first-order chi connectivity index (χ1) is 31.9. The summed E-state index contributed by atoms with van der Waals surface area (Å²) in [5, 5.41) is 11.8. The van der Waals surface area contributed by atoms with Gasteiger partial charge in [0.2, 0.25) is 0 Å². The fraction of sp³-hybridized carbons (Fsp3) is 0.323. The first kappa shape index (κ1) is 43.6. The van der Waals surface area contributed by atoms with Crippen LogP contribution in [0.5, 0.6) is 5.75 Å². The van der Waals surface area contributed by atoms with Gasteiger partial charge in [-0.3, -0.25) is 9.55 Å². The van der Waals surface area contributed by atoms with E-state index in [1.165, 1.54) is 85.6 Å². The van der Waals surface area contributed by atoms with Crippen LogP contribution >= 0.6 is 0 Å². The van der Waals surface area contributed by atoms with Crippen molar-refractivity contribution >= 4 is 11.0 Å². The Balaban J connectivity index is 1.15. The summed E-state index contributed by atoms with van der Waals surface area (Å²) in [4.78, 5) is 10.6. The normalized spacial score (nSPS) is 15.2. The van der Waals surface area contributed by atoms with E-state index < -0.39 is 0 Å². The topological polar surface area (TPSA) is 50.9 Å². The predicted octanol–water partition coefficient (Wildman–Crippen LogP) is 16.8. The Kier molecular flexibility index (Phi) is 11.8. The minimum atomic E-state index is -0.130. The highest BCUT2D eigenvalue weighted by atomic mass is 16.3. The third-order valence-corrected chi connectivity index (χ3v) is 14.7. The van der Waals surface area contributed by atoms with Crippen LogP contribution in [0.25, 0.3) is 72.7 Å². The van der Waals surface area contributed by atoms with Gasteiger partial charge >= 0.3 is 0 Å². The number of nitrogens with zero attached hydrogens (tertiary/aromatic N) is 3. The van der Waals surface area contributed by atoms with Crippen LogP contribution < -0.4 is 0 Å². The number of aromatic nitrogens is 3. The Bertz CT molecular complexity index is 3000. The molecule has 2 aliphatic rings. The summed E-state index contributed by atoms with van der Waals surface area (Å²) in [7, 11) is 0. The molecule has 0 saturated heterocycles. The number of fused-ring (bicyclic) bond motifs is 1. The molecule has 2 aromatic heterocycles. The number of imidazole rings is 1. The summed E-state index contributed by atoms with van der Waals surface area (Å²) in [6.07, 6.45) is 15.0. The molecule has 8 aromatic rings. The van der Waals surface area contributed by atoms with Gasteiger partial charge in [0.15, 0.2) is 0 Å². The van der Waals surface area contributed by atoms with Crippen molar-refractivity contribution < 1.29 is 5.11 Å². The first-order valence-corrected chi connectivity index (χ1v) is 24.6. The van der Waals surface area contributed by atoms with Gasteiger partial charge in [0.1, 0.15) is 11.6 Å². The molecule has 2 fully saturated rings. The van der Waals surface area contributed by atoms with Gasteiger partial charge in [-0.15, -0.1) is 0 Å². The molecule has 0 unspecified atom stereocenters. The molecule has 10 rings (SSSR count). The van der Waals surface area contributed by atoms with E-state index in [-0.39, 0.29) is 16.6 Å². The lowest BCUT2D eigenvalue weighted by Gasteiger charge is -2.22. The summed E-state index contributed by atoms with van der Waals surface area (Å²) >= 11 is 0. The molecule has 2 aliphatic carbocycles. The molecule has 1 N–H and O–H groups in total. The van der Waals surface area contributed by atoms with Crippen LogP contribution in [0.15, 0.2) is 146 Å². The maximum absolute atomic E-state index is 11.8. The molecule has 0 aliphatic heterocycles. The second-order valence-electron chi connectivity index (χ2n) is 21.4. The average Bonchev–Trinajstić information content (AvgIpc) is 4.00. The van der Waals surface area contributed by atoms with Crippen LogP contribution in [-0.4, -0.2) is 19.6 Å². The molecule has 2 heterocycles. The lowest BCUT2D eigenvalue weighted by atomic mass is 9.83. The lowest BCUT2D eigenvalue weighted by molar-refractivity contribution is 0.443. The van der Waals surface area contributed by atoms with Gasteiger partial charge in [0, 0.05) is 22.9 Å². The zero-order valence-electron chi connectivity index (χ0n) is 39.9. The minimum Gasteiger partial charge on any atom is -0.507 e. The van der Waals surface area contributed by atoms with E-state index in [9.17, 15) is 5.11 Å². The van der Waals surface area contributed by atoms with Crippen LogP contribution in [0.4, 0.5) is 0 Å². The molecule has 0 spiro atoms. The zero-order chi connectivity index (χ0) is 45.6. The quantitative estimate of drug-likeness (QED) is 0.157. The van der Waals surface area contributed by atoms with Gasteiger partial charge < -0.3 is 5.11 Å². The van der Waals surface area contributed by atoms with Crippen LogP contribution in [0, 0.1) is 5.92 Å². The largest absolute Gasteiger partial charge is 0.507 e. The fourth-order valence-electron chi connectivity index (χ4n) is 10.8. The zero-order valence-corrected chi connectivity index (χ0v) is 39.9. The SMILES string of the molecule is CC(C)(C)c1cc(-c2cc(-c3ccc(C4CCCCC4)cc3)ccn2)cc(-c2cccc3c2nc(-c2cc(C(C)(C)C)ccc2O)n3-c2ccc(CC3CCCC3)cc2-c2ccccc2)c1. The van der Waals surface area contributed by atoms with Gasteiger partial charge in [-0.25, -0.2) is 4.98 Å². The molecule has 4 heteroatoms. The van der Waals surface area contributed by atoms with E-state index in [0.29, 0.717) is 5.92 Å². The van der Waals surface area contributed by atoms with E-state index in [2.05, 4.69) is 174 Å². The van der Waals surface area contributed by atoms with E-state index in [1.807, 2.05) is 18.3 Å². The van der Waals surface area contributed by atoms with Crippen molar-refractivity contribution in [3.63, 3.8) is 0 Å². The Morgan fingerprint density at radius 3 is 2.02 bits per heavy atom. The number of benzene rings is 6. The summed E-state index contributed by atoms with van der Waals surface area (Å²) in [5.74, 6) is 2.35. The Morgan fingerprint density at radius 1 is 0.545 bits per heavy atom. The highest BCUT2D eigenvalue weighted by Crippen LogP contribution is 2.44. The number of rotatable bonds is 9. The molecule has 0 radical (unpaired) electrons. The minimum absolute atomic E-state index is 0.125. The Morgan fingerprint density at radius 2 is 1.27 bits per heavy atom. The van der Waals surface area contributed by atoms with Crippen LogP contribution in [0.1, 0.15) is 128 Å². The molecule has 4 nitrogen and oxygen atoms in total.